The normalized spacial score (nSPS) is 36.8. The monoisotopic (exact) mass is 593 g/mol. The lowest BCUT2D eigenvalue weighted by Gasteiger charge is -2.60. The summed E-state index contributed by atoms with van der Waals surface area (Å²) in [7, 11) is 0. The van der Waals surface area contributed by atoms with E-state index in [-0.39, 0.29) is 28.9 Å². The molecule has 0 bridgehead atoms. The number of carboxylic acids is 1. The molecule has 4 aliphatic carbocycles. The maximum Gasteiger partial charge on any atom is 0.326 e. The Hall–Kier alpha value is -3.37. The lowest BCUT2D eigenvalue weighted by molar-refractivity contribution is -0.164. The maximum atomic E-state index is 12.6. The number of allylic oxidation sites excluding steroid dienone is 2. The van der Waals surface area contributed by atoms with Gasteiger partial charge in [0, 0.05) is 28.9 Å². The van der Waals surface area contributed by atoms with Crippen LogP contribution in [0.25, 0.3) is 10.9 Å². The van der Waals surface area contributed by atoms with E-state index in [1.807, 2.05) is 6.92 Å². The third-order valence-corrected chi connectivity index (χ3v) is 11.7. The maximum absolute atomic E-state index is 12.6. The van der Waals surface area contributed by atoms with Crippen LogP contribution in [0.1, 0.15) is 71.3 Å². The van der Waals surface area contributed by atoms with E-state index in [1.165, 1.54) is 5.57 Å². The molecular formula is C33H43N3O7. The molecule has 0 unspecified atom stereocenters. The molecule has 2 aromatic rings. The van der Waals surface area contributed by atoms with Crippen molar-refractivity contribution in [2.24, 2.45) is 33.7 Å². The molecule has 1 heterocycles. The molecule has 10 heteroatoms. The molecule has 8 atom stereocenters. The first-order valence-corrected chi connectivity index (χ1v) is 15.4. The second-order valence-electron chi connectivity index (χ2n) is 14.0. The van der Waals surface area contributed by atoms with E-state index in [1.54, 1.807) is 24.4 Å². The van der Waals surface area contributed by atoms with E-state index in [0.29, 0.717) is 35.6 Å². The molecule has 1 amide bonds. The van der Waals surface area contributed by atoms with Gasteiger partial charge in [0.2, 0.25) is 0 Å². The second kappa shape index (κ2) is 10.7. The Morgan fingerprint density at radius 1 is 1.19 bits per heavy atom. The first-order valence-electron chi connectivity index (χ1n) is 15.4. The van der Waals surface area contributed by atoms with Crippen molar-refractivity contribution in [1.29, 1.82) is 0 Å². The van der Waals surface area contributed by atoms with Gasteiger partial charge in [-0.1, -0.05) is 24.6 Å². The Morgan fingerprint density at radius 2 is 1.98 bits per heavy atom. The van der Waals surface area contributed by atoms with Crippen LogP contribution in [0, 0.1) is 28.6 Å². The number of carbonyl (C=O) groups excluding carboxylic acids is 1. The number of nitrogens with zero attached hydrogens (tertiary/aromatic N) is 1. The molecule has 43 heavy (non-hydrogen) atoms. The fourth-order valence-corrected chi connectivity index (χ4v) is 9.16. The van der Waals surface area contributed by atoms with Crippen molar-refractivity contribution in [3.05, 3.63) is 41.6 Å². The standard InChI is InChI=1S/C33H43N3O7/c1-31-10-8-20(13-19(31)4-6-22-24-9-11-33(3,42)32(24,2)15-27(38)29(22)31)36-43-17-28(39)35-26(30(40)41)12-18-16-34-25-7-5-21(37)14-23(18)25/h5,7,13-14,16,22,24,26-27,29,34,37-38,42H,4,6,8-12,15,17H2,1-3H3,(H,35,39)(H,40,41)/b36-20-/t22-,24-,26-,27-,29+,31-,32-,33-/m0/s1. The lowest BCUT2D eigenvalue weighted by Crippen LogP contribution is -2.59. The van der Waals surface area contributed by atoms with E-state index >= 15 is 0 Å². The predicted octanol–water partition coefficient (Wildman–Crippen LogP) is 4.04. The number of oxime groups is 1. The molecule has 4 aliphatic rings. The van der Waals surface area contributed by atoms with E-state index in [4.69, 9.17) is 4.84 Å². The summed E-state index contributed by atoms with van der Waals surface area (Å²) in [5, 5.41) is 49.6. The largest absolute Gasteiger partial charge is 0.508 e. The Labute approximate surface area is 251 Å². The van der Waals surface area contributed by atoms with Crippen molar-refractivity contribution in [1.82, 2.24) is 10.3 Å². The Kier molecular flexibility index (Phi) is 7.36. The van der Waals surface area contributed by atoms with Crippen molar-refractivity contribution in [3.8, 4) is 5.75 Å². The molecule has 232 valence electrons. The highest BCUT2D eigenvalue weighted by Gasteiger charge is 2.64. The third-order valence-electron chi connectivity index (χ3n) is 11.7. The Bertz CT molecular complexity index is 1490. The highest BCUT2D eigenvalue weighted by atomic mass is 16.6. The number of amides is 1. The summed E-state index contributed by atoms with van der Waals surface area (Å²) in [6.07, 6.45) is 9.07. The summed E-state index contributed by atoms with van der Waals surface area (Å²) >= 11 is 0. The SMILES string of the molecule is C[C@]12CC/C(=N/OCC(=O)N[C@@H](Cc3c[nH]c4ccc(O)cc34)C(=O)O)C=C1CC[C@@H]1[C@@H]2[C@@H](O)C[C@@]2(C)[C@H]1CC[C@]2(C)O. The average Bonchev–Trinajstić information content (AvgIpc) is 3.44. The molecule has 3 fully saturated rings. The second-order valence-corrected chi connectivity index (χ2v) is 14.0. The first-order chi connectivity index (χ1) is 20.3. The molecule has 1 aromatic carbocycles. The van der Waals surface area contributed by atoms with Crippen molar-refractivity contribution in [3.63, 3.8) is 0 Å². The highest BCUT2D eigenvalue weighted by Crippen LogP contribution is 2.67. The number of H-pyrrole nitrogens is 1. The number of aromatic nitrogens is 1. The molecule has 6 rings (SSSR count). The molecule has 6 N–H and O–H groups in total. The number of fused-ring (bicyclic) bond motifs is 6. The molecule has 0 aliphatic heterocycles. The van der Waals surface area contributed by atoms with Crippen molar-refractivity contribution in [2.75, 3.05) is 6.61 Å². The number of aliphatic carboxylic acids is 1. The van der Waals surface area contributed by atoms with Gasteiger partial charge in [0.1, 0.15) is 11.8 Å². The van der Waals surface area contributed by atoms with Crippen molar-refractivity contribution >= 4 is 28.5 Å². The number of aliphatic hydroxyl groups is 2. The van der Waals surface area contributed by atoms with E-state index in [9.17, 15) is 30.0 Å². The van der Waals surface area contributed by atoms with Gasteiger partial charge >= 0.3 is 5.97 Å². The van der Waals surface area contributed by atoms with E-state index in [0.717, 1.165) is 43.3 Å². The zero-order valence-electron chi connectivity index (χ0n) is 25.1. The number of aromatic amines is 1. The number of benzene rings is 1. The summed E-state index contributed by atoms with van der Waals surface area (Å²) in [4.78, 5) is 32.9. The fraction of sp³-hybridized carbons (Fsp3) is 0.606. The van der Waals surface area contributed by atoms with Crippen LogP contribution in [-0.4, -0.2) is 67.4 Å². The first kappa shape index (κ1) is 29.7. The summed E-state index contributed by atoms with van der Waals surface area (Å²) in [5.74, 6) is -0.767. The predicted molar refractivity (Wildman–Crippen MR) is 160 cm³/mol. The number of rotatable bonds is 7. The number of carboxylic acid groups (broad SMARTS) is 1. The van der Waals surface area contributed by atoms with Crippen LogP contribution >= 0.6 is 0 Å². The zero-order valence-corrected chi connectivity index (χ0v) is 25.1. The third kappa shape index (κ3) is 5.02. The van der Waals surface area contributed by atoms with Crippen molar-refractivity contribution in [2.45, 2.75) is 89.9 Å². The number of aromatic hydroxyl groups is 1. The van der Waals surface area contributed by atoms with E-state index < -0.39 is 36.2 Å². The van der Waals surface area contributed by atoms with Gasteiger partial charge in [-0.15, -0.1) is 0 Å². The fourth-order valence-electron chi connectivity index (χ4n) is 9.16. The molecule has 1 aromatic heterocycles. The smallest absolute Gasteiger partial charge is 0.326 e. The number of hydrogen-bond donors (Lipinski definition) is 6. The summed E-state index contributed by atoms with van der Waals surface area (Å²) in [6.45, 7) is 5.97. The van der Waals surface area contributed by atoms with E-state index in [2.05, 4.69) is 35.4 Å². The van der Waals surface area contributed by atoms with Gasteiger partial charge in [-0.3, -0.25) is 4.79 Å². The molecule has 0 saturated heterocycles. The number of phenols is 1. The van der Waals surface area contributed by atoms with Gasteiger partial charge in [-0.2, -0.15) is 0 Å². The van der Waals surface area contributed by atoms with Gasteiger partial charge in [-0.25, -0.2) is 4.79 Å². The van der Waals surface area contributed by atoms with Crippen LogP contribution in [0.2, 0.25) is 0 Å². The number of phenolic OH excluding ortho intramolecular Hbond substituents is 1. The minimum Gasteiger partial charge on any atom is -0.508 e. The summed E-state index contributed by atoms with van der Waals surface area (Å²) < 4.78 is 0. The molecule has 3 saturated carbocycles. The Morgan fingerprint density at radius 3 is 2.74 bits per heavy atom. The van der Waals surface area contributed by atoms with Gasteiger partial charge in [0.15, 0.2) is 6.61 Å². The van der Waals surface area contributed by atoms with Gasteiger partial charge < -0.3 is 35.6 Å². The quantitative estimate of drug-likeness (QED) is 0.264. The molecule has 10 nitrogen and oxygen atoms in total. The van der Waals surface area contributed by atoms with Crippen molar-refractivity contribution < 1.29 is 34.9 Å². The molecule has 0 spiro atoms. The molecule has 0 radical (unpaired) electrons. The summed E-state index contributed by atoms with van der Waals surface area (Å²) in [6, 6.07) is 3.63. The number of carbonyl (C=O) groups is 2. The number of hydrogen-bond acceptors (Lipinski definition) is 7. The number of aliphatic hydroxyl groups excluding tert-OH is 1. The van der Waals surface area contributed by atoms with Gasteiger partial charge in [0.25, 0.3) is 5.91 Å². The Balaban J connectivity index is 1.09. The van der Waals surface area contributed by atoms with Gasteiger partial charge in [-0.05, 0) is 105 Å². The van der Waals surface area contributed by atoms with Crippen LogP contribution in [0.4, 0.5) is 0 Å². The lowest BCUT2D eigenvalue weighted by atomic mass is 9.45. The zero-order chi connectivity index (χ0) is 30.7. The topological polar surface area (TPSA) is 164 Å². The number of nitrogens with one attached hydrogen (secondary N) is 2. The van der Waals surface area contributed by atoms with Crippen LogP contribution in [0.5, 0.6) is 5.75 Å². The summed E-state index contributed by atoms with van der Waals surface area (Å²) in [5.41, 5.74) is 2.26. The average molecular weight is 594 g/mol. The minimum atomic E-state index is -1.18. The van der Waals surface area contributed by atoms with Crippen LogP contribution in [-0.2, 0) is 20.8 Å². The molecular weight excluding hydrogens is 550 g/mol. The van der Waals surface area contributed by atoms with Crippen LogP contribution in [0.3, 0.4) is 0 Å². The highest BCUT2D eigenvalue weighted by molar-refractivity contribution is 5.96. The van der Waals surface area contributed by atoms with Crippen LogP contribution in [0.15, 0.2) is 41.2 Å². The van der Waals surface area contributed by atoms with Crippen LogP contribution < -0.4 is 5.32 Å². The van der Waals surface area contributed by atoms with Gasteiger partial charge in [0.05, 0.1) is 17.4 Å². The minimum absolute atomic E-state index is 0.0370.